The lowest BCUT2D eigenvalue weighted by Crippen LogP contribution is -2.45. The predicted molar refractivity (Wildman–Crippen MR) is 108 cm³/mol. The predicted octanol–water partition coefficient (Wildman–Crippen LogP) is 3.03. The SMILES string of the molecule is COc1cccc(CNC(=O)CN2C(=O)COc3cc(C(C)(C)C)ccc32)c1. The Morgan fingerprint density at radius 2 is 2.00 bits per heavy atom. The van der Waals surface area contributed by atoms with Gasteiger partial charge in [-0.1, -0.05) is 39.0 Å². The molecule has 1 aliphatic heterocycles. The summed E-state index contributed by atoms with van der Waals surface area (Å²) in [5, 5.41) is 2.86. The van der Waals surface area contributed by atoms with Gasteiger partial charge in [0.25, 0.3) is 5.91 Å². The lowest BCUT2D eigenvalue weighted by Gasteiger charge is -2.30. The average Bonchev–Trinajstić information content (AvgIpc) is 2.67. The fourth-order valence-electron chi connectivity index (χ4n) is 3.03. The first-order valence-electron chi connectivity index (χ1n) is 9.25. The van der Waals surface area contributed by atoms with Crippen LogP contribution < -0.4 is 19.7 Å². The Hall–Kier alpha value is -3.02. The van der Waals surface area contributed by atoms with Gasteiger partial charge in [-0.2, -0.15) is 0 Å². The van der Waals surface area contributed by atoms with Gasteiger partial charge in [0.05, 0.1) is 12.8 Å². The summed E-state index contributed by atoms with van der Waals surface area (Å²) in [4.78, 5) is 26.3. The molecule has 0 aliphatic carbocycles. The Balaban J connectivity index is 1.70. The molecule has 148 valence electrons. The van der Waals surface area contributed by atoms with Crippen molar-refractivity contribution in [3.63, 3.8) is 0 Å². The van der Waals surface area contributed by atoms with E-state index in [4.69, 9.17) is 9.47 Å². The minimum absolute atomic E-state index is 0.0290. The maximum atomic E-state index is 12.4. The summed E-state index contributed by atoms with van der Waals surface area (Å²) in [6.07, 6.45) is 0. The van der Waals surface area contributed by atoms with Crippen LogP contribution in [0.5, 0.6) is 11.5 Å². The quantitative estimate of drug-likeness (QED) is 0.863. The number of rotatable bonds is 5. The zero-order valence-electron chi connectivity index (χ0n) is 16.7. The van der Waals surface area contributed by atoms with E-state index in [1.807, 2.05) is 42.5 Å². The van der Waals surface area contributed by atoms with Crippen LogP contribution in [0.3, 0.4) is 0 Å². The molecule has 0 radical (unpaired) electrons. The fourth-order valence-corrected chi connectivity index (χ4v) is 3.03. The lowest BCUT2D eigenvalue weighted by atomic mass is 9.86. The summed E-state index contributed by atoms with van der Waals surface area (Å²) >= 11 is 0. The van der Waals surface area contributed by atoms with Gasteiger partial charge in [0.15, 0.2) is 6.61 Å². The molecular weight excluding hydrogens is 356 g/mol. The molecule has 2 aromatic rings. The van der Waals surface area contributed by atoms with E-state index in [0.717, 1.165) is 16.9 Å². The molecule has 1 heterocycles. The molecule has 0 fully saturated rings. The van der Waals surface area contributed by atoms with Crippen LogP contribution in [0.4, 0.5) is 5.69 Å². The molecule has 0 bridgehead atoms. The Kier molecular flexibility index (Phi) is 5.58. The first kappa shape index (κ1) is 19.7. The normalized spacial score (nSPS) is 13.6. The number of ether oxygens (including phenoxy) is 2. The number of fused-ring (bicyclic) bond motifs is 1. The van der Waals surface area contributed by atoms with Crippen LogP contribution in [-0.2, 0) is 21.5 Å². The summed E-state index contributed by atoms with van der Waals surface area (Å²) in [6.45, 7) is 6.60. The summed E-state index contributed by atoms with van der Waals surface area (Å²) in [7, 11) is 1.60. The maximum Gasteiger partial charge on any atom is 0.265 e. The molecular formula is C22H26N2O4. The summed E-state index contributed by atoms with van der Waals surface area (Å²) in [6, 6.07) is 13.3. The van der Waals surface area contributed by atoms with Crippen molar-refractivity contribution in [3.05, 3.63) is 53.6 Å². The Labute approximate surface area is 165 Å². The number of nitrogens with one attached hydrogen (secondary N) is 1. The van der Waals surface area contributed by atoms with Crippen LogP contribution in [0.2, 0.25) is 0 Å². The number of amides is 2. The van der Waals surface area contributed by atoms with Crippen molar-refractivity contribution in [2.75, 3.05) is 25.2 Å². The van der Waals surface area contributed by atoms with E-state index in [9.17, 15) is 9.59 Å². The van der Waals surface area contributed by atoms with Crippen LogP contribution in [0.15, 0.2) is 42.5 Å². The lowest BCUT2D eigenvalue weighted by molar-refractivity contribution is -0.125. The fraction of sp³-hybridized carbons (Fsp3) is 0.364. The highest BCUT2D eigenvalue weighted by Gasteiger charge is 2.28. The molecule has 0 spiro atoms. The van der Waals surface area contributed by atoms with Crippen molar-refractivity contribution in [1.82, 2.24) is 5.32 Å². The Bertz CT molecular complexity index is 886. The molecule has 1 N–H and O–H groups in total. The third-order valence-corrected chi connectivity index (χ3v) is 4.69. The van der Waals surface area contributed by atoms with Gasteiger partial charge < -0.3 is 14.8 Å². The average molecular weight is 382 g/mol. The molecule has 6 nitrogen and oxygen atoms in total. The van der Waals surface area contributed by atoms with Gasteiger partial charge in [-0.15, -0.1) is 0 Å². The van der Waals surface area contributed by atoms with Crippen molar-refractivity contribution in [2.45, 2.75) is 32.7 Å². The van der Waals surface area contributed by atoms with Crippen molar-refractivity contribution in [3.8, 4) is 11.5 Å². The van der Waals surface area contributed by atoms with Gasteiger partial charge >= 0.3 is 0 Å². The van der Waals surface area contributed by atoms with Crippen LogP contribution >= 0.6 is 0 Å². The largest absolute Gasteiger partial charge is 0.497 e. The number of hydrogen-bond donors (Lipinski definition) is 1. The molecule has 1 aliphatic rings. The van der Waals surface area contributed by atoms with Gasteiger partial charge in [-0.05, 0) is 40.8 Å². The molecule has 3 rings (SSSR count). The van der Waals surface area contributed by atoms with E-state index >= 15 is 0 Å². The van der Waals surface area contributed by atoms with Gasteiger partial charge in [0.2, 0.25) is 5.91 Å². The van der Waals surface area contributed by atoms with Gasteiger partial charge in [-0.3, -0.25) is 14.5 Å². The molecule has 28 heavy (non-hydrogen) atoms. The Morgan fingerprint density at radius 3 is 2.71 bits per heavy atom. The van der Waals surface area contributed by atoms with E-state index in [0.29, 0.717) is 18.0 Å². The molecule has 0 saturated carbocycles. The molecule has 2 amide bonds. The molecule has 0 atom stereocenters. The second-order valence-electron chi connectivity index (χ2n) is 7.83. The molecule has 0 unspecified atom stereocenters. The second-order valence-corrected chi connectivity index (χ2v) is 7.83. The third kappa shape index (κ3) is 4.44. The van der Waals surface area contributed by atoms with Crippen molar-refractivity contribution < 1.29 is 19.1 Å². The van der Waals surface area contributed by atoms with Gasteiger partial charge in [0.1, 0.15) is 18.0 Å². The Morgan fingerprint density at radius 1 is 1.21 bits per heavy atom. The standard InChI is InChI=1S/C22H26N2O4/c1-22(2,3)16-8-9-18-19(11-16)28-14-21(26)24(18)13-20(25)23-12-15-6-5-7-17(10-15)27-4/h5-11H,12-14H2,1-4H3,(H,23,25). The molecule has 2 aromatic carbocycles. The topological polar surface area (TPSA) is 67.9 Å². The summed E-state index contributed by atoms with van der Waals surface area (Å²) < 4.78 is 10.8. The first-order valence-corrected chi connectivity index (χ1v) is 9.25. The molecule has 0 aromatic heterocycles. The zero-order chi connectivity index (χ0) is 20.3. The minimum Gasteiger partial charge on any atom is -0.497 e. The number of nitrogens with zero attached hydrogens (tertiary/aromatic N) is 1. The first-order chi connectivity index (χ1) is 13.3. The minimum atomic E-state index is -0.232. The van der Waals surface area contributed by atoms with Crippen LogP contribution in [0, 0.1) is 0 Å². The van der Waals surface area contributed by atoms with Crippen molar-refractivity contribution in [1.29, 1.82) is 0 Å². The highest BCUT2D eigenvalue weighted by molar-refractivity contribution is 6.02. The van der Waals surface area contributed by atoms with Crippen LogP contribution in [-0.4, -0.2) is 32.1 Å². The number of benzene rings is 2. The van der Waals surface area contributed by atoms with Crippen molar-refractivity contribution in [2.24, 2.45) is 0 Å². The van der Waals surface area contributed by atoms with Crippen LogP contribution in [0.1, 0.15) is 31.9 Å². The third-order valence-electron chi connectivity index (χ3n) is 4.69. The molecule has 6 heteroatoms. The van der Waals surface area contributed by atoms with E-state index < -0.39 is 0 Å². The van der Waals surface area contributed by atoms with E-state index in [1.54, 1.807) is 7.11 Å². The zero-order valence-corrected chi connectivity index (χ0v) is 16.7. The van der Waals surface area contributed by atoms with E-state index in [-0.39, 0.29) is 30.4 Å². The monoisotopic (exact) mass is 382 g/mol. The number of methoxy groups -OCH3 is 1. The number of hydrogen-bond acceptors (Lipinski definition) is 4. The van der Waals surface area contributed by atoms with Crippen molar-refractivity contribution >= 4 is 17.5 Å². The molecule has 0 saturated heterocycles. The van der Waals surface area contributed by atoms with Gasteiger partial charge in [0, 0.05) is 6.54 Å². The summed E-state index contributed by atoms with van der Waals surface area (Å²) in [5.74, 6) is 0.905. The van der Waals surface area contributed by atoms with E-state index in [1.165, 1.54) is 4.90 Å². The number of anilines is 1. The second kappa shape index (κ2) is 7.92. The smallest absolute Gasteiger partial charge is 0.265 e. The van der Waals surface area contributed by atoms with E-state index in [2.05, 4.69) is 26.1 Å². The maximum absolute atomic E-state index is 12.4. The summed E-state index contributed by atoms with van der Waals surface area (Å²) in [5.41, 5.74) is 2.64. The highest BCUT2D eigenvalue weighted by Crippen LogP contribution is 2.36. The van der Waals surface area contributed by atoms with Gasteiger partial charge in [-0.25, -0.2) is 0 Å². The highest BCUT2D eigenvalue weighted by atomic mass is 16.5. The van der Waals surface area contributed by atoms with Crippen LogP contribution in [0.25, 0.3) is 0 Å². The number of carbonyl (C=O) groups excluding carboxylic acids is 2. The number of carbonyl (C=O) groups is 2.